The van der Waals surface area contributed by atoms with Gasteiger partial charge in [-0.1, -0.05) is 37.3 Å². The molecule has 2 saturated carbocycles. The van der Waals surface area contributed by atoms with Crippen molar-refractivity contribution < 1.29 is 14.9 Å². The summed E-state index contributed by atoms with van der Waals surface area (Å²) in [5, 5.41) is 20.0. The van der Waals surface area contributed by atoms with Gasteiger partial charge in [-0.05, 0) is 96.1 Å². The Morgan fingerprint density at radius 2 is 1.69 bits per heavy atom. The third-order valence-electron chi connectivity index (χ3n) is 8.29. The summed E-state index contributed by atoms with van der Waals surface area (Å²) in [6.07, 6.45) is 6.78. The van der Waals surface area contributed by atoms with Gasteiger partial charge in [-0.25, -0.2) is 0 Å². The van der Waals surface area contributed by atoms with Gasteiger partial charge in [0.25, 0.3) is 0 Å². The SMILES string of the molecule is CC12CCC3c4ccc(O)cc4CCC3C1CCC2O.c1ccc2c(c1)COC2. The zero-order valence-corrected chi connectivity index (χ0v) is 17.3. The van der Waals surface area contributed by atoms with Crippen molar-refractivity contribution >= 4 is 0 Å². The first-order chi connectivity index (χ1) is 14.1. The standard InChI is InChI=1S/C18H24O2.C8H8O/c1-18-9-8-14-13-5-3-12(19)10-11(13)2-4-15(14)16(18)6-7-17(18)20;1-2-4-8-6-9-5-7(8)3-1/h3,5,10,14-17,19-20H,2,4,6-9H2,1H3;1-4H,5-6H2. The molecule has 0 saturated heterocycles. The maximum atomic E-state index is 10.4. The Bertz CT molecular complexity index is 868. The van der Waals surface area contributed by atoms with E-state index >= 15 is 0 Å². The third-order valence-corrected chi connectivity index (χ3v) is 8.29. The number of benzene rings is 2. The summed E-state index contributed by atoms with van der Waals surface area (Å²) in [5.41, 5.74) is 5.68. The van der Waals surface area contributed by atoms with Crippen LogP contribution in [-0.2, 0) is 24.4 Å². The fourth-order valence-electron chi connectivity index (χ4n) is 6.65. The van der Waals surface area contributed by atoms with Crippen LogP contribution in [0.2, 0.25) is 0 Å². The third kappa shape index (κ3) is 3.29. The highest BCUT2D eigenvalue weighted by Gasteiger charge is 2.54. The molecule has 0 amide bonds. The Kier molecular flexibility index (Phi) is 4.92. The highest BCUT2D eigenvalue weighted by atomic mass is 16.5. The van der Waals surface area contributed by atoms with Crippen LogP contribution < -0.4 is 0 Å². The van der Waals surface area contributed by atoms with Crippen LogP contribution in [0, 0.1) is 17.3 Å². The summed E-state index contributed by atoms with van der Waals surface area (Å²) < 4.78 is 5.21. The van der Waals surface area contributed by atoms with Crippen LogP contribution in [0.25, 0.3) is 0 Å². The van der Waals surface area contributed by atoms with Crippen molar-refractivity contribution in [1.82, 2.24) is 0 Å². The van der Waals surface area contributed by atoms with Crippen molar-refractivity contribution in [2.75, 3.05) is 0 Å². The summed E-state index contributed by atoms with van der Waals surface area (Å²) in [4.78, 5) is 0. The van der Waals surface area contributed by atoms with Gasteiger partial charge < -0.3 is 14.9 Å². The molecule has 0 radical (unpaired) electrons. The number of aliphatic hydroxyl groups excluding tert-OH is 1. The number of ether oxygens (including phenoxy) is 1. The number of hydrogen-bond acceptors (Lipinski definition) is 3. The van der Waals surface area contributed by atoms with Crippen LogP contribution in [0.15, 0.2) is 42.5 Å². The first kappa shape index (κ1) is 19.1. The summed E-state index contributed by atoms with van der Waals surface area (Å²) in [6.45, 7) is 3.92. The van der Waals surface area contributed by atoms with Crippen LogP contribution >= 0.6 is 0 Å². The van der Waals surface area contributed by atoms with Gasteiger partial charge in [0.2, 0.25) is 0 Å². The molecule has 2 aromatic rings. The van der Waals surface area contributed by atoms with E-state index in [1.54, 1.807) is 0 Å². The molecule has 0 bridgehead atoms. The molecule has 0 spiro atoms. The molecule has 2 N–H and O–H groups in total. The summed E-state index contributed by atoms with van der Waals surface area (Å²) in [5.74, 6) is 2.49. The summed E-state index contributed by atoms with van der Waals surface area (Å²) in [6, 6.07) is 14.3. The largest absolute Gasteiger partial charge is 0.508 e. The van der Waals surface area contributed by atoms with E-state index in [-0.39, 0.29) is 11.5 Å². The number of fused-ring (bicyclic) bond motifs is 6. The van der Waals surface area contributed by atoms with E-state index in [0.29, 0.717) is 17.6 Å². The lowest BCUT2D eigenvalue weighted by molar-refractivity contribution is -0.0226. The van der Waals surface area contributed by atoms with Gasteiger partial charge in [-0.3, -0.25) is 0 Å². The predicted molar refractivity (Wildman–Crippen MR) is 114 cm³/mol. The number of rotatable bonds is 0. The monoisotopic (exact) mass is 392 g/mol. The highest BCUT2D eigenvalue weighted by molar-refractivity contribution is 5.40. The normalized spacial score (nSPS) is 34.3. The van der Waals surface area contributed by atoms with Gasteiger partial charge in [0.1, 0.15) is 5.75 Å². The quantitative estimate of drug-likeness (QED) is 0.637. The second-order valence-corrected chi connectivity index (χ2v) is 9.70. The Labute approximate surface area is 173 Å². The smallest absolute Gasteiger partial charge is 0.115 e. The Balaban J connectivity index is 0.000000168. The van der Waals surface area contributed by atoms with E-state index in [2.05, 4.69) is 25.1 Å². The predicted octanol–water partition coefficient (Wildman–Crippen LogP) is 5.33. The van der Waals surface area contributed by atoms with Gasteiger partial charge in [0.15, 0.2) is 0 Å². The molecule has 2 aromatic carbocycles. The molecular weight excluding hydrogens is 360 g/mol. The van der Waals surface area contributed by atoms with Crippen molar-refractivity contribution in [3.8, 4) is 5.75 Å². The molecule has 1 heterocycles. The number of phenolic OH excluding ortho intramolecular Hbond substituents is 1. The van der Waals surface area contributed by atoms with E-state index < -0.39 is 0 Å². The minimum absolute atomic E-state index is 0.0883. The van der Waals surface area contributed by atoms with E-state index in [0.717, 1.165) is 38.4 Å². The minimum Gasteiger partial charge on any atom is -0.508 e. The van der Waals surface area contributed by atoms with E-state index in [9.17, 15) is 10.2 Å². The van der Waals surface area contributed by atoms with Crippen LogP contribution in [0.4, 0.5) is 0 Å². The van der Waals surface area contributed by atoms with Crippen LogP contribution in [-0.4, -0.2) is 16.3 Å². The Morgan fingerprint density at radius 3 is 2.45 bits per heavy atom. The van der Waals surface area contributed by atoms with Crippen LogP contribution in [0.5, 0.6) is 5.75 Å². The Hall–Kier alpha value is -1.84. The zero-order valence-electron chi connectivity index (χ0n) is 17.3. The molecule has 3 heteroatoms. The average molecular weight is 393 g/mol. The molecule has 2 fully saturated rings. The van der Waals surface area contributed by atoms with Gasteiger partial charge in [0, 0.05) is 0 Å². The molecular formula is C26H32O3. The molecule has 4 aliphatic rings. The summed E-state index contributed by atoms with van der Waals surface area (Å²) >= 11 is 0. The maximum absolute atomic E-state index is 10.4. The first-order valence-corrected chi connectivity index (χ1v) is 11.2. The highest BCUT2D eigenvalue weighted by Crippen LogP contribution is 2.60. The molecule has 5 atom stereocenters. The van der Waals surface area contributed by atoms with Crippen molar-refractivity contribution in [3.63, 3.8) is 0 Å². The molecule has 6 rings (SSSR count). The van der Waals surface area contributed by atoms with E-state index in [1.807, 2.05) is 24.3 Å². The van der Waals surface area contributed by atoms with Gasteiger partial charge >= 0.3 is 0 Å². The number of aromatic hydroxyl groups is 1. The lowest BCUT2D eigenvalue weighted by Gasteiger charge is -2.50. The fourth-order valence-corrected chi connectivity index (χ4v) is 6.65. The zero-order chi connectivity index (χ0) is 20.0. The van der Waals surface area contributed by atoms with Gasteiger partial charge in [-0.15, -0.1) is 0 Å². The topological polar surface area (TPSA) is 49.7 Å². The van der Waals surface area contributed by atoms with Crippen molar-refractivity contribution in [2.45, 2.75) is 70.7 Å². The van der Waals surface area contributed by atoms with Crippen molar-refractivity contribution in [3.05, 3.63) is 64.7 Å². The molecule has 3 aliphatic carbocycles. The van der Waals surface area contributed by atoms with Crippen molar-refractivity contribution in [1.29, 1.82) is 0 Å². The second-order valence-electron chi connectivity index (χ2n) is 9.70. The van der Waals surface area contributed by atoms with E-state index in [1.165, 1.54) is 41.5 Å². The lowest BCUT2D eigenvalue weighted by Crippen LogP contribution is -2.43. The molecule has 154 valence electrons. The average Bonchev–Trinajstić information content (AvgIpc) is 3.32. The summed E-state index contributed by atoms with van der Waals surface area (Å²) in [7, 11) is 0. The van der Waals surface area contributed by atoms with Gasteiger partial charge in [-0.2, -0.15) is 0 Å². The Morgan fingerprint density at radius 1 is 0.931 bits per heavy atom. The van der Waals surface area contributed by atoms with Crippen LogP contribution in [0.1, 0.15) is 67.2 Å². The first-order valence-electron chi connectivity index (χ1n) is 11.2. The fraction of sp³-hybridized carbons (Fsp3) is 0.538. The van der Waals surface area contributed by atoms with Crippen molar-refractivity contribution in [2.24, 2.45) is 17.3 Å². The number of hydrogen-bond donors (Lipinski definition) is 2. The second kappa shape index (κ2) is 7.45. The van der Waals surface area contributed by atoms with E-state index in [4.69, 9.17) is 4.74 Å². The molecule has 1 aliphatic heterocycles. The lowest BCUT2D eigenvalue weighted by atomic mass is 9.55. The molecule has 29 heavy (non-hydrogen) atoms. The number of aryl methyl sites for hydroxylation is 1. The maximum Gasteiger partial charge on any atom is 0.115 e. The molecule has 0 aromatic heterocycles. The minimum atomic E-state index is -0.0883. The number of phenols is 1. The van der Waals surface area contributed by atoms with Gasteiger partial charge in [0.05, 0.1) is 19.3 Å². The van der Waals surface area contributed by atoms with Crippen LogP contribution in [0.3, 0.4) is 0 Å². The molecule has 5 unspecified atom stereocenters. The number of aliphatic hydroxyl groups is 1. The molecule has 3 nitrogen and oxygen atoms in total.